The second-order valence-corrected chi connectivity index (χ2v) is 7.74. The molecule has 0 aliphatic carbocycles. The first kappa shape index (κ1) is 20.6. The average molecular weight is 405 g/mol. The third-order valence-corrected chi connectivity index (χ3v) is 5.49. The number of benzene rings is 1. The Bertz CT molecular complexity index is 781. The Kier molecular flexibility index (Phi) is 7.23. The van der Waals surface area contributed by atoms with Crippen molar-refractivity contribution in [2.75, 3.05) is 43.4 Å². The fourth-order valence-corrected chi connectivity index (χ4v) is 3.76. The Balaban J connectivity index is 1.37. The number of carbonyl (C=O) groups excluding carboxylic acids is 1. The Morgan fingerprint density at radius 1 is 1.29 bits per heavy atom. The quantitative estimate of drug-likeness (QED) is 0.756. The summed E-state index contributed by atoms with van der Waals surface area (Å²) in [6.07, 6.45) is 7.06. The Labute approximate surface area is 170 Å². The molecule has 0 spiro atoms. The lowest BCUT2D eigenvalue weighted by molar-refractivity contribution is -0.117. The van der Waals surface area contributed by atoms with Gasteiger partial charge in [0, 0.05) is 31.2 Å². The molecule has 3 rings (SSSR count). The molecule has 0 atom stereocenters. The van der Waals surface area contributed by atoms with Gasteiger partial charge in [-0.25, -0.2) is 4.39 Å². The van der Waals surface area contributed by atoms with Crippen LogP contribution in [0, 0.1) is 11.7 Å². The van der Waals surface area contributed by atoms with Gasteiger partial charge in [-0.1, -0.05) is 11.6 Å². The number of likely N-dealkylation sites (N-methyl/N-ethyl adjacent to an activating group) is 1. The van der Waals surface area contributed by atoms with Crippen LogP contribution in [-0.2, 0) is 4.79 Å². The van der Waals surface area contributed by atoms with Crippen molar-refractivity contribution in [2.45, 2.75) is 19.3 Å². The third-order valence-electron chi connectivity index (χ3n) is 5.18. The number of carbonyl (C=O) groups is 1. The zero-order chi connectivity index (χ0) is 19.9. The number of piperidine rings is 1. The molecule has 2 aromatic rings. The number of anilines is 2. The normalized spacial score (nSPS) is 15.1. The largest absolute Gasteiger partial charge is 0.371 e. The van der Waals surface area contributed by atoms with E-state index in [0.29, 0.717) is 11.6 Å². The summed E-state index contributed by atoms with van der Waals surface area (Å²) in [5.41, 5.74) is 1.67. The first-order valence-electron chi connectivity index (χ1n) is 9.59. The number of halogens is 2. The Morgan fingerprint density at radius 2 is 2.00 bits per heavy atom. The highest BCUT2D eigenvalue weighted by atomic mass is 35.5. The van der Waals surface area contributed by atoms with E-state index in [4.69, 9.17) is 11.6 Å². The molecular formula is C21H26ClFN4O. The van der Waals surface area contributed by atoms with Gasteiger partial charge < -0.3 is 10.2 Å². The van der Waals surface area contributed by atoms with E-state index in [0.717, 1.165) is 38.9 Å². The summed E-state index contributed by atoms with van der Waals surface area (Å²) in [6, 6.07) is 8.06. The van der Waals surface area contributed by atoms with Gasteiger partial charge in [-0.15, -0.1) is 0 Å². The standard InChI is InChI=1S/C21H26ClFN4O/c1-26(15-21(28)25-20-3-2-17(23)14-19(20)22)11-6-16-7-12-27(13-8-16)18-4-9-24-10-5-18/h2-5,9-10,14,16H,6-8,11-13,15H2,1H3,(H,25,28). The van der Waals surface area contributed by atoms with E-state index >= 15 is 0 Å². The molecule has 1 N–H and O–H groups in total. The molecule has 1 amide bonds. The van der Waals surface area contributed by atoms with Crippen molar-refractivity contribution in [3.63, 3.8) is 0 Å². The van der Waals surface area contributed by atoms with Crippen LogP contribution < -0.4 is 10.2 Å². The minimum Gasteiger partial charge on any atom is -0.371 e. The smallest absolute Gasteiger partial charge is 0.238 e. The van der Waals surface area contributed by atoms with Gasteiger partial charge in [0.25, 0.3) is 0 Å². The molecule has 2 heterocycles. The van der Waals surface area contributed by atoms with Crippen LogP contribution in [0.1, 0.15) is 19.3 Å². The van der Waals surface area contributed by atoms with Gasteiger partial charge in [0.1, 0.15) is 5.82 Å². The van der Waals surface area contributed by atoms with E-state index in [1.165, 1.54) is 23.9 Å². The number of rotatable bonds is 7. The van der Waals surface area contributed by atoms with Crippen LogP contribution in [0.15, 0.2) is 42.7 Å². The maximum atomic E-state index is 13.1. The Hall–Kier alpha value is -2.18. The second kappa shape index (κ2) is 9.85. The van der Waals surface area contributed by atoms with Crippen LogP contribution in [-0.4, -0.2) is 49.0 Å². The van der Waals surface area contributed by atoms with Crippen LogP contribution in [0.4, 0.5) is 15.8 Å². The molecule has 1 aromatic carbocycles. The topological polar surface area (TPSA) is 48.5 Å². The molecule has 1 aliphatic rings. The van der Waals surface area contributed by atoms with Crippen LogP contribution in [0.3, 0.4) is 0 Å². The molecular weight excluding hydrogens is 379 g/mol. The lowest BCUT2D eigenvalue weighted by atomic mass is 9.93. The summed E-state index contributed by atoms with van der Waals surface area (Å²) in [7, 11) is 1.94. The molecule has 1 saturated heterocycles. The molecule has 5 nitrogen and oxygen atoms in total. The number of pyridine rings is 1. The van der Waals surface area contributed by atoms with E-state index in [1.807, 2.05) is 24.3 Å². The SMILES string of the molecule is CN(CCC1CCN(c2ccncc2)CC1)CC(=O)Nc1ccc(F)cc1Cl. The highest BCUT2D eigenvalue weighted by Gasteiger charge is 2.20. The van der Waals surface area contributed by atoms with Crippen LogP contribution in [0.25, 0.3) is 0 Å². The predicted octanol–water partition coefficient (Wildman–Crippen LogP) is 4.05. The van der Waals surface area contributed by atoms with E-state index in [-0.39, 0.29) is 17.5 Å². The average Bonchev–Trinajstić information content (AvgIpc) is 2.69. The number of amides is 1. The number of nitrogens with one attached hydrogen (secondary N) is 1. The summed E-state index contributed by atoms with van der Waals surface area (Å²) in [6.45, 7) is 3.26. The molecule has 0 saturated carbocycles. The molecule has 1 aliphatic heterocycles. The van der Waals surface area contributed by atoms with Gasteiger partial charge in [0.15, 0.2) is 0 Å². The van der Waals surface area contributed by atoms with Crippen molar-refractivity contribution < 1.29 is 9.18 Å². The molecule has 7 heteroatoms. The molecule has 1 fully saturated rings. The van der Waals surface area contributed by atoms with Crippen LogP contribution in [0.5, 0.6) is 0 Å². The third kappa shape index (κ3) is 5.91. The zero-order valence-corrected chi connectivity index (χ0v) is 16.8. The van der Waals surface area contributed by atoms with Crippen molar-refractivity contribution in [2.24, 2.45) is 5.92 Å². The lowest BCUT2D eigenvalue weighted by Crippen LogP contribution is -2.36. The van der Waals surface area contributed by atoms with Crippen molar-refractivity contribution in [3.05, 3.63) is 53.6 Å². The number of hydrogen-bond acceptors (Lipinski definition) is 4. The first-order valence-corrected chi connectivity index (χ1v) is 9.97. The zero-order valence-electron chi connectivity index (χ0n) is 16.1. The minimum absolute atomic E-state index is 0.150. The predicted molar refractivity (Wildman–Crippen MR) is 111 cm³/mol. The molecule has 1 aromatic heterocycles. The summed E-state index contributed by atoms with van der Waals surface area (Å²) in [4.78, 5) is 20.7. The fraction of sp³-hybridized carbons (Fsp3) is 0.429. The van der Waals surface area contributed by atoms with Gasteiger partial charge >= 0.3 is 0 Å². The van der Waals surface area contributed by atoms with Crippen LogP contribution >= 0.6 is 11.6 Å². The summed E-state index contributed by atoms with van der Waals surface area (Å²) >= 11 is 5.95. The lowest BCUT2D eigenvalue weighted by Gasteiger charge is -2.34. The number of nitrogens with zero attached hydrogens (tertiary/aromatic N) is 3. The summed E-state index contributed by atoms with van der Waals surface area (Å²) in [5, 5.41) is 2.94. The maximum Gasteiger partial charge on any atom is 0.238 e. The van der Waals surface area contributed by atoms with Gasteiger partial charge in [-0.3, -0.25) is 14.7 Å². The monoisotopic (exact) mass is 404 g/mol. The first-order chi connectivity index (χ1) is 13.5. The fourth-order valence-electron chi connectivity index (χ4n) is 3.54. The van der Waals surface area contributed by atoms with E-state index in [2.05, 4.69) is 27.3 Å². The van der Waals surface area contributed by atoms with Gasteiger partial charge in [-0.2, -0.15) is 0 Å². The van der Waals surface area contributed by atoms with Gasteiger partial charge in [0.2, 0.25) is 5.91 Å². The molecule has 150 valence electrons. The molecule has 28 heavy (non-hydrogen) atoms. The number of aromatic nitrogens is 1. The molecule has 0 bridgehead atoms. The minimum atomic E-state index is -0.421. The Morgan fingerprint density at radius 3 is 2.68 bits per heavy atom. The van der Waals surface area contributed by atoms with E-state index in [9.17, 15) is 9.18 Å². The summed E-state index contributed by atoms with van der Waals surface area (Å²) in [5.74, 6) is 0.105. The molecule has 0 unspecified atom stereocenters. The van der Waals surface area contributed by atoms with Crippen molar-refractivity contribution in [1.29, 1.82) is 0 Å². The highest BCUT2D eigenvalue weighted by molar-refractivity contribution is 6.33. The maximum absolute atomic E-state index is 13.1. The van der Waals surface area contributed by atoms with Crippen molar-refractivity contribution in [3.8, 4) is 0 Å². The molecule has 0 radical (unpaired) electrons. The van der Waals surface area contributed by atoms with Gasteiger partial charge in [-0.05, 0) is 69.1 Å². The van der Waals surface area contributed by atoms with Gasteiger partial charge in [0.05, 0.1) is 17.3 Å². The van der Waals surface area contributed by atoms with Crippen molar-refractivity contribution in [1.82, 2.24) is 9.88 Å². The highest BCUT2D eigenvalue weighted by Crippen LogP contribution is 2.25. The second-order valence-electron chi connectivity index (χ2n) is 7.33. The van der Waals surface area contributed by atoms with Crippen molar-refractivity contribution >= 4 is 28.9 Å². The number of hydrogen-bond donors (Lipinski definition) is 1. The van der Waals surface area contributed by atoms with Crippen LogP contribution in [0.2, 0.25) is 5.02 Å². The van der Waals surface area contributed by atoms with E-state index < -0.39 is 5.82 Å². The summed E-state index contributed by atoms with van der Waals surface area (Å²) < 4.78 is 13.1. The van der Waals surface area contributed by atoms with E-state index in [1.54, 1.807) is 0 Å².